The van der Waals surface area contributed by atoms with Crippen LogP contribution in [0.3, 0.4) is 0 Å². The lowest BCUT2D eigenvalue weighted by atomic mass is 9.98. The Bertz CT molecular complexity index is 557. The summed E-state index contributed by atoms with van der Waals surface area (Å²) < 4.78 is 5.42. The predicted molar refractivity (Wildman–Crippen MR) is 96.9 cm³/mol. The molecule has 0 aliphatic carbocycles. The second-order valence-corrected chi connectivity index (χ2v) is 7.57. The molecule has 1 amide bonds. The van der Waals surface area contributed by atoms with Crippen LogP contribution in [0.25, 0.3) is 0 Å². The van der Waals surface area contributed by atoms with Crippen LogP contribution in [0, 0.1) is 6.92 Å². The van der Waals surface area contributed by atoms with E-state index in [4.69, 9.17) is 4.74 Å². The van der Waals surface area contributed by atoms with Gasteiger partial charge in [-0.3, -0.25) is 9.69 Å². The number of thiazole rings is 1. The largest absolute Gasteiger partial charge is 0.379 e. The fraction of sp³-hybridized carbons (Fsp3) is 0.765. The van der Waals surface area contributed by atoms with E-state index < -0.39 is 0 Å². The highest BCUT2D eigenvalue weighted by atomic mass is 32.1. The van der Waals surface area contributed by atoms with Crippen LogP contribution in [0.1, 0.15) is 41.0 Å². The number of ether oxygens (including phenoxy) is 1. The average molecular weight is 353 g/mol. The molecule has 2 fully saturated rings. The molecule has 3 heterocycles. The topological polar surface area (TPSA) is 57.7 Å². The molecule has 0 bridgehead atoms. The zero-order valence-electron chi connectivity index (χ0n) is 14.7. The number of carbonyl (C=O) groups is 1. The highest BCUT2D eigenvalue weighted by molar-refractivity contribution is 7.17. The van der Waals surface area contributed by atoms with E-state index in [0.29, 0.717) is 6.04 Å². The third-order valence-corrected chi connectivity index (χ3v) is 6.14. The predicted octanol–water partition coefficient (Wildman–Crippen LogP) is 2.21. The molecular weight excluding hydrogens is 324 g/mol. The number of anilines is 1. The lowest BCUT2D eigenvalue weighted by molar-refractivity contribution is 0.0296. The van der Waals surface area contributed by atoms with Gasteiger partial charge in [-0.1, -0.05) is 11.3 Å². The van der Waals surface area contributed by atoms with Crippen molar-refractivity contribution in [3.05, 3.63) is 10.6 Å². The van der Waals surface area contributed by atoms with E-state index in [1.807, 2.05) is 14.0 Å². The molecule has 2 aliphatic heterocycles. The van der Waals surface area contributed by atoms with Gasteiger partial charge in [0.05, 0.1) is 18.9 Å². The Balaban J connectivity index is 1.64. The maximum atomic E-state index is 13.0. The minimum atomic E-state index is 0.165. The van der Waals surface area contributed by atoms with Crippen LogP contribution in [-0.2, 0) is 4.74 Å². The molecule has 24 heavy (non-hydrogen) atoms. The molecule has 2 saturated heterocycles. The van der Waals surface area contributed by atoms with Gasteiger partial charge >= 0.3 is 0 Å². The van der Waals surface area contributed by atoms with Crippen molar-refractivity contribution in [3.63, 3.8) is 0 Å². The van der Waals surface area contributed by atoms with Gasteiger partial charge in [-0.25, -0.2) is 4.98 Å². The van der Waals surface area contributed by atoms with Crippen molar-refractivity contribution < 1.29 is 9.53 Å². The fourth-order valence-electron chi connectivity index (χ4n) is 3.56. The number of likely N-dealkylation sites (tertiary alicyclic amines) is 1. The lowest BCUT2D eigenvalue weighted by Gasteiger charge is -2.37. The average Bonchev–Trinajstić information content (AvgIpc) is 3.01. The molecule has 0 radical (unpaired) electrons. The molecule has 2 aliphatic rings. The number of aryl methyl sites for hydroxylation is 1. The molecule has 7 heteroatoms. The van der Waals surface area contributed by atoms with Gasteiger partial charge in [0.1, 0.15) is 4.88 Å². The maximum Gasteiger partial charge on any atom is 0.266 e. The highest BCUT2D eigenvalue weighted by Crippen LogP contribution is 2.28. The second-order valence-electron chi connectivity index (χ2n) is 6.57. The number of nitrogens with one attached hydrogen (secondary N) is 1. The third-order valence-electron chi connectivity index (χ3n) is 4.97. The van der Waals surface area contributed by atoms with Crippen LogP contribution >= 0.6 is 11.3 Å². The smallest absolute Gasteiger partial charge is 0.266 e. The number of morpholine rings is 1. The standard InChI is InChI=1S/C17H28N4O2S/c1-13-15(24-17(18-2)19-13)16(22)21-7-4-3-5-14(21)6-8-20-9-11-23-12-10-20/h14H,3-12H2,1-2H3,(H,18,19)/t14-/m0/s1. The van der Waals surface area contributed by atoms with Crippen molar-refractivity contribution in [2.45, 2.75) is 38.6 Å². The number of hydrogen-bond donors (Lipinski definition) is 1. The highest BCUT2D eigenvalue weighted by Gasteiger charge is 2.30. The van der Waals surface area contributed by atoms with E-state index in [-0.39, 0.29) is 5.91 Å². The summed E-state index contributed by atoms with van der Waals surface area (Å²) in [6.45, 7) is 7.55. The number of amides is 1. The van der Waals surface area contributed by atoms with Crippen molar-refractivity contribution in [3.8, 4) is 0 Å². The molecule has 1 N–H and O–H groups in total. The molecular formula is C17H28N4O2S. The van der Waals surface area contributed by atoms with Crippen molar-refractivity contribution in [2.75, 3.05) is 51.8 Å². The van der Waals surface area contributed by atoms with Crippen molar-refractivity contribution in [2.24, 2.45) is 0 Å². The molecule has 1 aromatic rings. The van der Waals surface area contributed by atoms with Gasteiger partial charge in [-0.05, 0) is 32.6 Å². The van der Waals surface area contributed by atoms with E-state index in [1.165, 1.54) is 17.8 Å². The summed E-state index contributed by atoms with van der Waals surface area (Å²) in [5.74, 6) is 0.165. The van der Waals surface area contributed by atoms with Crippen LogP contribution in [0.15, 0.2) is 0 Å². The van der Waals surface area contributed by atoms with Crippen molar-refractivity contribution in [1.82, 2.24) is 14.8 Å². The third kappa shape index (κ3) is 4.07. The van der Waals surface area contributed by atoms with E-state index in [1.54, 1.807) is 0 Å². The normalized spacial score (nSPS) is 22.6. The summed E-state index contributed by atoms with van der Waals surface area (Å²) in [5, 5.41) is 3.86. The SMILES string of the molecule is CNc1nc(C)c(C(=O)N2CCCC[C@H]2CCN2CCOCC2)s1. The van der Waals surface area contributed by atoms with Gasteiger partial charge in [0, 0.05) is 39.3 Å². The Morgan fingerprint density at radius 1 is 1.33 bits per heavy atom. The minimum absolute atomic E-state index is 0.165. The van der Waals surface area contributed by atoms with Crippen LogP contribution < -0.4 is 5.32 Å². The summed E-state index contributed by atoms with van der Waals surface area (Å²) in [7, 11) is 1.85. The lowest BCUT2D eigenvalue weighted by Crippen LogP contribution is -2.46. The summed E-state index contributed by atoms with van der Waals surface area (Å²) >= 11 is 1.47. The van der Waals surface area contributed by atoms with Gasteiger partial charge in [0.2, 0.25) is 0 Å². The van der Waals surface area contributed by atoms with Gasteiger partial charge in [-0.2, -0.15) is 0 Å². The second kappa shape index (κ2) is 8.27. The van der Waals surface area contributed by atoms with Crippen LogP contribution in [0.2, 0.25) is 0 Å². The zero-order chi connectivity index (χ0) is 16.9. The first kappa shape index (κ1) is 17.6. The monoisotopic (exact) mass is 352 g/mol. The van der Waals surface area contributed by atoms with Crippen LogP contribution in [-0.4, -0.2) is 73.2 Å². The van der Waals surface area contributed by atoms with Gasteiger partial charge in [0.15, 0.2) is 5.13 Å². The quantitative estimate of drug-likeness (QED) is 0.880. The van der Waals surface area contributed by atoms with E-state index in [9.17, 15) is 4.79 Å². The molecule has 134 valence electrons. The van der Waals surface area contributed by atoms with Gasteiger partial charge in [-0.15, -0.1) is 0 Å². The first-order valence-electron chi connectivity index (χ1n) is 8.95. The Labute approximate surface area is 148 Å². The van der Waals surface area contributed by atoms with E-state index in [2.05, 4.69) is 20.1 Å². The van der Waals surface area contributed by atoms with Gasteiger partial charge < -0.3 is 15.0 Å². The van der Waals surface area contributed by atoms with Crippen molar-refractivity contribution >= 4 is 22.4 Å². The molecule has 0 saturated carbocycles. The first-order valence-corrected chi connectivity index (χ1v) is 9.77. The van der Waals surface area contributed by atoms with Crippen molar-refractivity contribution in [1.29, 1.82) is 0 Å². The molecule has 3 rings (SSSR count). The molecule has 1 aromatic heterocycles. The van der Waals surface area contributed by atoms with Gasteiger partial charge in [0.25, 0.3) is 5.91 Å². The summed E-state index contributed by atoms with van der Waals surface area (Å²) in [4.78, 5) is 22.8. The molecule has 0 unspecified atom stereocenters. The summed E-state index contributed by atoms with van der Waals surface area (Å²) in [6, 6.07) is 0.355. The molecule has 1 atom stereocenters. The Morgan fingerprint density at radius 3 is 2.83 bits per heavy atom. The zero-order valence-corrected chi connectivity index (χ0v) is 15.5. The summed E-state index contributed by atoms with van der Waals surface area (Å²) in [6.07, 6.45) is 4.51. The Kier molecular flexibility index (Phi) is 6.08. The first-order chi connectivity index (χ1) is 11.7. The minimum Gasteiger partial charge on any atom is -0.379 e. The Hall–Kier alpha value is -1.18. The molecule has 0 spiro atoms. The number of rotatable bonds is 5. The maximum absolute atomic E-state index is 13.0. The van der Waals surface area contributed by atoms with Crippen LogP contribution in [0.4, 0.5) is 5.13 Å². The van der Waals surface area contributed by atoms with Crippen LogP contribution in [0.5, 0.6) is 0 Å². The number of nitrogens with zero attached hydrogens (tertiary/aromatic N) is 3. The number of carbonyl (C=O) groups excluding carboxylic acids is 1. The molecule has 6 nitrogen and oxygen atoms in total. The summed E-state index contributed by atoms with van der Waals surface area (Å²) in [5.41, 5.74) is 0.840. The Morgan fingerprint density at radius 2 is 2.12 bits per heavy atom. The number of aromatic nitrogens is 1. The fourth-order valence-corrected chi connectivity index (χ4v) is 4.43. The number of hydrogen-bond acceptors (Lipinski definition) is 6. The van der Waals surface area contributed by atoms with E-state index >= 15 is 0 Å². The van der Waals surface area contributed by atoms with E-state index in [0.717, 1.165) is 74.4 Å². The number of piperidine rings is 1. The molecule has 0 aromatic carbocycles.